The van der Waals surface area contributed by atoms with Crippen LogP contribution in [0.15, 0.2) is 24.4 Å². The molecule has 1 fully saturated rings. The number of rotatable bonds is 5. The van der Waals surface area contributed by atoms with E-state index in [0.717, 1.165) is 43.2 Å². The van der Waals surface area contributed by atoms with E-state index >= 15 is 0 Å². The van der Waals surface area contributed by atoms with Gasteiger partial charge < -0.3 is 20.3 Å². The number of hydrogen-bond acceptors (Lipinski definition) is 6. The molecule has 4 heterocycles. The van der Waals surface area contributed by atoms with E-state index < -0.39 is 0 Å². The first kappa shape index (κ1) is 18.5. The van der Waals surface area contributed by atoms with Crippen molar-refractivity contribution in [2.24, 2.45) is 0 Å². The molecule has 2 aliphatic rings. The van der Waals surface area contributed by atoms with Crippen molar-refractivity contribution in [2.45, 2.75) is 32.2 Å². The third-order valence-electron chi connectivity index (χ3n) is 5.24. The highest BCUT2D eigenvalue weighted by atomic mass is 32.1. The Bertz CT molecular complexity index is 921. The minimum Gasteiger partial charge on any atom is -0.385 e. The second-order valence-electron chi connectivity index (χ2n) is 7.50. The zero-order chi connectivity index (χ0) is 18.8. The topological polar surface area (TPSA) is 49.4 Å². The number of piperazine rings is 1. The summed E-state index contributed by atoms with van der Waals surface area (Å²) in [5, 5.41) is 10.6. The van der Waals surface area contributed by atoms with Crippen LogP contribution in [0.25, 0.3) is 11.9 Å². The number of nitrogens with zero attached hydrogens (tertiary/aromatic N) is 2. The molecule has 0 bridgehead atoms. The molecule has 1 saturated heterocycles. The second kappa shape index (κ2) is 8.00. The molecule has 1 unspecified atom stereocenters. The van der Waals surface area contributed by atoms with E-state index in [0.29, 0.717) is 12.0 Å². The molecule has 27 heavy (non-hydrogen) atoms. The maximum Gasteiger partial charge on any atom is 0.102 e. The summed E-state index contributed by atoms with van der Waals surface area (Å²) in [6.45, 7) is 8.24. The zero-order valence-electron chi connectivity index (χ0n) is 16.3. The highest BCUT2D eigenvalue weighted by Crippen LogP contribution is 2.37. The number of methoxy groups -OCH3 is 1. The molecule has 2 aliphatic heterocycles. The summed E-state index contributed by atoms with van der Waals surface area (Å²) < 4.78 is 5.30. The SMILES string of the molecule is COCCC1CN(C2=c3ncccc3=CNc3sc(C(C)C)cc32)CCN1. The predicted molar refractivity (Wildman–Crippen MR) is 112 cm³/mol. The summed E-state index contributed by atoms with van der Waals surface area (Å²) in [4.78, 5) is 8.71. The van der Waals surface area contributed by atoms with Gasteiger partial charge in [0.1, 0.15) is 5.00 Å². The van der Waals surface area contributed by atoms with Gasteiger partial charge >= 0.3 is 0 Å². The van der Waals surface area contributed by atoms with Crippen molar-refractivity contribution in [1.82, 2.24) is 15.2 Å². The minimum atomic E-state index is 0.435. The molecule has 5 nitrogen and oxygen atoms in total. The van der Waals surface area contributed by atoms with Gasteiger partial charge in [0.2, 0.25) is 0 Å². The average molecular weight is 385 g/mol. The van der Waals surface area contributed by atoms with Gasteiger partial charge in [0.25, 0.3) is 0 Å². The Morgan fingerprint density at radius 1 is 1.41 bits per heavy atom. The minimum absolute atomic E-state index is 0.435. The first-order valence-corrected chi connectivity index (χ1v) is 10.5. The quantitative estimate of drug-likeness (QED) is 0.825. The lowest BCUT2D eigenvalue weighted by Gasteiger charge is -2.36. The lowest BCUT2D eigenvalue weighted by molar-refractivity contribution is 0.166. The van der Waals surface area contributed by atoms with E-state index in [1.54, 1.807) is 7.11 Å². The van der Waals surface area contributed by atoms with Crippen LogP contribution < -0.4 is 21.2 Å². The van der Waals surface area contributed by atoms with Crippen molar-refractivity contribution in [3.05, 3.63) is 45.4 Å². The van der Waals surface area contributed by atoms with Gasteiger partial charge in [-0.15, -0.1) is 11.3 Å². The fourth-order valence-electron chi connectivity index (χ4n) is 3.78. The molecule has 6 heteroatoms. The lowest BCUT2D eigenvalue weighted by atomic mass is 10.1. The fourth-order valence-corrected chi connectivity index (χ4v) is 4.81. The summed E-state index contributed by atoms with van der Waals surface area (Å²) in [5.41, 5.74) is 2.54. The first-order valence-electron chi connectivity index (χ1n) is 9.71. The van der Waals surface area contributed by atoms with Gasteiger partial charge in [-0.1, -0.05) is 13.8 Å². The van der Waals surface area contributed by atoms with Crippen molar-refractivity contribution >= 4 is 28.2 Å². The molecule has 2 N–H and O–H groups in total. The maximum atomic E-state index is 5.30. The van der Waals surface area contributed by atoms with Crippen molar-refractivity contribution in [2.75, 3.05) is 38.7 Å². The van der Waals surface area contributed by atoms with Crippen LogP contribution in [0.4, 0.5) is 5.00 Å². The Labute approximate surface area is 164 Å². The number of nitrogens with one attached hydrogen (secondary N) is 2. The van der Waals surface area contributed by atoms with Crippen LogP contribution in [0, 0.1) is 0 Å². The molecule has 2 aromatic heterocycles. The van der Waals surface area contributed by atoms with E-state index in [-0.39, 0.29) is 0 Å². The molecule has 0 saturated carbocycles. The van der Waals surface area contributed by atoms with Crippen LogP contribution >= 0.6 is 11.3 Å². The Morgan fingerprint density at radius 3 is 3.11 bits per heavy atom. The summed E-state index contributed by atoms with van der Waals surface area (Å²) in [6, 6.07) is 6.94. The highest BCUT2D eigenvalue weighted by molar-refractivity contribution is 7.16. The number of fused-ring (bicyclic) bond motifs is 2. The Balaban J connectivity index is 1.81. The molecule has 2 aromatic rings. The number of anilines is 1. The van der Waals surface area contributed by atoms with E-state index in [1.807, 2.05) is 23.6 Å². The van der Waals surface area contributed by atoms with Gasteiger partial charge in [-0.3, -0.25) is 4.98 Å². The maximum absolute atomic E-state index is 5.30. The smallest absolute Gasteiger partial charge is 0.102 e. The van der Waals surface area contributed by atoms with E-state index in [2.05, 4.69) is 47.7 Å². The Hall–Kier alpha value is -1.89. The van der Waals surface area contributed by atoms with Gasteiger partial charge in [-0.25, -0.2) is 0 Å². The van der Waals surface area contributed by atoms with Crippen molar-refractivity contribution in [3.8, 4) is 0 Å². The third kappa shape index (κ3) is 3.74. The zero-order valence-corrected chi connectivity index (χ0v) is 17.1. The van der Waals surface area contributed by atoms with Crippen LogP contribution in [-0.4, -0.2) is 49.3 Å². The molecule has 0 spiro atoms. The molecule has 4 rings (SSSR count). The normalized spacial score (nSPS) is 19.2. The van der Waals surface area contributed by atoms with Gasteiger partial charge in [0.15, 0.2) is 0 Å². The largest absolute Gasteiger partial charge is 0.385 e. The summed E-state index contributed by atoms with van der Waals surface area (Å²) >= 11 is 1.86. The van der Waals surface area contributed by atoms with Crippen LogP contribution in [0.1, 0.15) is 36.6 Å². The molecule has 0 aromatic carbocycles. The van der Waals surface area contributed by atoms with Gasteiger partial charge in [0.05, 0.1) is 11.0 Å². The molecule has 0 amide bonds. The van der Waals surface area contributed by atoms with E-state index in [4.69, 9.17) is 9.72 Å². The fraction of sp³-hybridized carbons (Fsp3) is 0.476. The third-order valence-corrected chi connectivity index (χ3v) is 6.61. The lowest BCUT2D eigenvalue weighted by Crippen LogP contribution is -2.52. The molecule has 0 radical (unpaired) electrons. The Morgan fingerprint density at radius 2 is 2.30 bits per heavy atom. The first-order chi connectivity index (χ1) is 13.2. The van der Waals surface area contributed by atoms with Crippen molar-refractivity contribution in [3.63, 3.8) is 0 Å². The number of ether oxygens (including phenoxy) is 1. The summed E-state index contributed by atoms with van der Waals surface area (Å²) in [6.07, 6.45) is 5.02. The molecular formula is C21H28N4OS. The summed E-state index contributed by atoms with van der Waals surface area (Å²) in [7, 11) is 1.77. The average Bonchev–Trinajstić information content (AvgIpc) is 3.04. The van der Waals surface area contributed by atoms with Gasteiger partial charge in [-0.05, 0) is 30.5 Å². The van der Waals surface area contributed by atoms with Gasteiger partial charge in [-0.2, -0.15) is 0 Å². The second-order valence-corrected chi connectivity index (χ2v) is 8.59. The Kier molecular flexibility index (Phi) is 5.48. The van der Waals surface area contributed by atoms with Crippen molar-refractivity contribution < 1.29 is 4.74 Å². The van der Waals surface area contributed by atoms with Gasteiger partial charge in [0, 0.05) is 67.4 Å². The number of pyridine rings is 1. The summed E-state index contributed by atoms with van der Waals surface area (Å²) in [5.74, 6) is 0.519. The van der Waals surface area contributed by atoms with Crippen LogP contribution in [0.5, 0.6) is 0 Å². The van der Waals surface area contributed by atoms with Crippen LogP contribution in [-0.2, 0) is 4.74 Å². The molecule has 0 aliphatic carbocycles. The number of aromatic nitrogens is 1. The van der Waals surface area contributed by atoms with E-state index in [9.17, 15) is 0 Å². The predicted octanol–water partition coefficient (Wildman–Crippen LogP) is 1.90. The van der Waals surface area contributed by atoms with Crippen molar-refractivity contribution in [1.29, 1.82) is 0 Å². The monoisotopic (exact) mass is 384 g/mol. The van der Waals surface area contributed by atoms with E-state index in [1.165, 1.54) is 21.1 Å². The molecule has 1 atom stereocenters. The molecular weight excluding hydrogens is 356 g/mol. The standard InChI is InChI=1S/C21H28N4OS/c1-14(2)18-11-17-20(25-9-8-22-16(13-25)6-10-26-3)19-15(5-4-7-23-19)12-24-21(17)27-18/h4-5,7,11-12,14,16,22,24H,6,8-10,13H2,1-3H3. The van der Waals surface area contributed by atoms with Crippen LogP contribution in [0.3, 0.4) is 0 Å². The number of hydrogen-bond donors (Lipinski definition) is 2. The van der Waals surface area contributed by atoms with Crippen LogP contribution in [0.2, 0.25) is 0 Å². The molecule has 144 valence electrons. The number of thiophene rings is 1. The highest BCUT2D eigenvalue weighted by Gasteiger charge is 2.26.